The van der Waals surface area contributed by atoms with E-state index in [0.717, 1.165) is 32.1 Å². The maximum Gasteiger partial charge on any atom is 0.191 e. The summed E-state index contributed by atoms with van der Waals surface area (Å²) in [6.07, 6.45) is 0. The Balaban J connectivity index is 2.37. The zero-order valence-electron chi connectivity index (χ0n) is 13.2. The largest absolute Gasteiger partial charge is 0.355 e. The molecule has 0 aliphatic rings. The van der Waals surface area contributed by atoms with Gasteiger partial charge in [-0.05, 0) is 25.6 Å². The van der Waals surface area contributed by atoms with Gasteiger partial charge in [0.15, 0.2) is 5.96 Å². The number of hydrogen-bond donors (Lipinski definition) is 2. The first-order valence-corrected chi connectivity index (χ1v) is 7.43. The zero-order chi connectivity index (χ0) is 14.8. The second kappa shape index (κ2) is 9.37. The number of guanidine groups is 1. The molecule has 1 aromatic carbocycles. The van der Waals surface area contributed by atoms with E-state index in [1.165, 1.54) is 5.56 Å². The van der Waals surface area contributed by atoms with Gasteiger partial charge in [-0.1, -0.05) is 44.2 Å². The van der Waals surface area contributed by atoms with Crippen LogP contribution in [0.5, 0.6) is 0 Å². The maximum absolute atomic E-state index is 4.26. The molecule has 4 nitrogen and oxygen atoms in total. The summed E-state index contributed by atoms with van der Waals surface area (Å²) < 4.78 is 0. The molecule has 0 heterocycles. The molecule has 0 amide bonds. The van der Waals surface area contributed by atoms with Gasteiger partial charge in [-0.25, -0.2) is 0 Å². The predicted octanol–water partition coefficient (Wildman–Crippen LogP) is 2.08. The van der Waals surface area contributed by atoms with Gasteiger partial charge in [0, 0.05) is 26.2 Å². The van der Waals surface area contributed by atoms with Crippen molar-refractivity contribution in [3.63, 3.8) is 0 Å². The molecule has 1 rings (SSSR count). The van der Waals surface area contributed by atoms with E-state index in [4.69, 9.17) is 0 Å². The van der Waals surface area contributed by atoms with Crippen molar-refractivity contribution in [3.05, 3.63) is 35.9 Å². The summed E-state index contributed by atoms with van der Waals surface area (Å²) in [5, 5.41) is 6.72. The van der Waals surface area contributed by atoms with Crippen molar-refractivity contribution in [2.45, 2.75) is 33.4 Å². The Labute approximate surface area is 123 Å². The molecular weight excluding hydrogens is 248 g/mol. The van der Waals surface area contributed by atoms with Crippen LogP contribution in [-0.2, 0) is 6.54 Å². The monoisotopic (exact) mass is 276 g/mol. The van der Waals surface area contributed by atoms with Crippen molar-refractivity contribution in [1.82, 2.24) is 15.5 Å². The highest BCUT2D eigenvalue weighted by molar-refractivity contribution is 5.79. The van der Waals surface area contributed by atoms with Gasteiger partial charge in [0.05, 0.1) is 0 Å². The molecule has 0 spiro atoms. The quantitative estimate of drug-likeness (QED) is 0.592. The normalized spacial score (nSPS) is 13.3. The lowest BCUT2D eigenvalue weighted by Gasteiger charge is -2.27. The number of benzene rings is 1. The fourth-order valence-corrected chi connectivity index (χ4v) is 2.22. The molecule has 0 aliphatic carbocycles. The van der Waals surface area contributed by atoms with Gasteiger partial charge in [-0.2, -0.15) is 0 Å². The fraction of sp³-hybridized carbons (Fsp3) is 0.562. The second-order valence-electron chi connectivity index (χ2n) is 4.86. The van der Waals surface area contributed by atoms with Gasteiger partial charge in [0.2, 0.25) is 0 Å². The summed E-state index contributed by atoms with van der Waals surface area (Å²) in [6, 6.07) is 10.9. The number of hydrogen-bond acceptors (Lipinski definition) is 2. The van der Waals surface area contributed by atoms with Crippen LogP contribution in [0.1, 0.15) is 26.3 Å². The third-order valence-corrected chi connectivity index (χ3v) is 3.53. The summed E-state index contributed by atoms with van der Waals surface area (Å²) in [4.78, 5) is 6.69. The number of nitrogens with one attached hydrogen (secondary N) is 2. The van der Waals surface area contributed by atoms with Crippen LogP contribution < -0.4 is 10.6 Å². The molecule has 1 aromatic rings. The Hall–Kier alpha value is -1.55. The molecule has 0 saturated heterocycles. The Morgan fingerprint density at radius 2 is 1.80 bits per heavy atom. The van der Waals surface area contributed by atoms with Crippen LogP contribution in [-0.4, -0.2) is 43.6 Å². The van der Waals surface area contributed by atoms with E-state index in [0.29, 0.717) is 6.04 Å². The summed E-state index contributed by atoms with van der Waals surface area (Å²) in [5.74, 6) is 0.854. The molecule has 1 unspecified atom stereocenters. The Kier molecular flexibility index (Phi) is 7.73. The van der Waals surface area contributed by atoms with Crippen LogP contribution in [0.3, 0.4) is 0 Å². The zero-order valence-corrected chi connectivity index (χ0v) is 13.2. The van der Waals surface area contributed by atoms with Gasteiger partial charge in [0.1, 0.15) is 0 Å². The molecule has 0 radical (unpaired) electrons. The Morgan fingerprint density at radius 3 is 2.35 bits per heavy atom. The first kappa shape index (κ1) is 16.5. The molecule has 4 heteroatoms. The molecule has 0 fully saturated rings. The van der Waals surface area contributed by atoms with Crippen molar-refractivity contribution < 1.29 is 0 Å². The average Bonchev–Trinajstić information content (AvgIpc) is 2.49. The standard InChI is InChI=1S/C16H28N4/c1-5-20(6-2)14(3)12-18-16(17-4)19-13-15-10-8-7-9-11-15/h7-11,14H,5-6,12-13H2,1-4H3,(H2,17,18,19). The lowest BCUT2D eigenvalue weighted by molar-refractivity contribution is 0.231. The maximum atomic E-state index is 4.26. The molecule has 0 saturated carbocycles. The van der Waals surface area contributed by atoms with Gasteiger partial charge < -0.3 is 10.6 Å². The summed E-state index contributed by atoms with van der Waals surface area (Å²) in [5.41, 5.74) is 1.26. The van der Waals surface area contributed by atoms with Crippen LogP contribution in [0.2, 0.25) is 0 Å². The fourth-order valence-electron chi connectivity index (χ4n) is 2.22. The summed E-state index contributed by atoms with van der Waals surface area (Å²) in [7, 11) is 1.81. The smallest absolute Gasteiger partial charge is 0.191 e. The summed E-state index contributed by atoms with van der Waals surface area (Å²) >= 11 is 0. The molecular formula is C16H28N4. The van der Waals surface area contributed by atoms with E-state index >= 15 is 0 Å². The van der Waals surface area contributed by atoms with E-state index < -0.39 is 0 Å². The molecule has 0 aliphatic heterocycles. The third-order valence-electron chi connectivity index (χ3n) is 3.53. The highest BCUT2D eigenvalue weighted by atomic mass is 15.2. The third kappa shape index (κ3) is 5.61. The van der Waals surface area contributed by atoms with Gasteiger partial charge in [0.25, 0.3) is 0 Å². The van der Waals surface area contributed by atoms with Crippen LogP contribution >= 0.6 is 0 Å². The number of aliphatic imine (C=N–C) groups is 1. The topological polar surface area (TPSA) is 39.7 Å². The van der Waals surface area contributed by atoms with Gasteiger partial charge in [-0.3, -0.25) is 9.89 Å². The molecule has 0 bridgehead atoms. The predicted molar refractivity (Wildman–Crippen MR) is 87.0 cm³/mol. The Bertz CT molecular complexity index is 385. The molecule has 112 valence electrons. The van der Waals surface area contributed by atoms with Crippen molar-refractivity contribution in [1.29, 1.82) is 0 Å². The number of nitrogens with zero attached hydrogens (tertiary/aromatic N) is 2. The second-order valence-corrected chi connectivity index (χ2v) is 4.86. The van der Waals surface area contributed by atoms with Crippen LogP contribution in [0.4, 0.5) is 0 Å². The van der Waals surface area contributed by atoms with Crippen LogP contribution in [0, 0.1) is 0 Å². The van der Waals surface area contributed by atoms with E-state index in [2.05, 4.69) is 65.6 Å². The van der Waals surface area contributed by atoms with Crippen LogP contribution in [0.15, 0.2) is 35.3 Å². The highest BCUT2D eigenvalue weighted by Crippen LogP contribution is 1.98. The first-order valence-electron chi connectivity index (χ1n) is 7.43. The lowest BCUT2D eigenvalue weighted by atomic mass is 10.2. The molecule has 0 aromatic heterocycles. The number of likely N-dealkylation sites (N-methyl/N-ethyl adjacent to an activating group) is 1. The van der Waals surface area contributed by atoms with Crippen molar-refractivity contribution in [2.75, 3.05) is 26.7 Å². The van der Waals surface area contributed by atoms with Gasteiger partial charge in [-0.15, -0.1) is 0 Å². The average molecular weight is 276 g/mol. The van der Waals surface area contributed by atoms with E-state index in [1.54, 1.807) is 0 Å². The molecule has 1 atom stereocenters. The lowest BCUT2D eigenvalue weighted by Crippen LogP contribution is -2.45. The number of rotatable bonds is 7. The Morgan fingerprint density at radius 1 is 1.15 bits per heavy atom. The minimum Gasteiger partial charge on any atom is -0.355 e. The highest BCUT2D eigenvalue weighted by Gasteiger charge is 2.10. The first-order chi connectivity index (χ1) is 9.71. The summed E-state index contributed by atoms with van der Waals surface area (Å²) in [6.45, 7) is 10.5. The van der Waals surface area contributed by atoms with Gasteiger partial charge >= 0.3 is 0 Å². The SMILES string of the molecule is CCN(CC)C(C)CNC(=NC)NCc1ccccc1. The van der Waals surface area contributed by atoms with E-state index in [-0.39, 0.29) is 0 Å². The molecule has 20 heavy (non-hydrogen) atoms. The van der Waals surface area contributed by atoms with Crippen LogP contribution in [0.25, 0.3) is 0 Å². The van der Waals surface area contributed by atoms with Crippen molar-refractivity contribution in [2.24, 2.45) is 4.99 Å². The minimum atomic E-state index is 0.500. The minimum absolute atomic E-state index is 0.500. The van der Waals surface area contributed by atoms with Crippen molar-refractivity contribution >= 4 is 5.96 Å². The molecule has 2 N–H and O–H groups in total. The van der Waals surface area contributed by atoms with Crippen molar-refractivity contribution in [3.8, 4) is 0 Å². The van der Waals surface area contributed by atoms with E-state index in [9.17, 15) is 0 Å². The van der Waals surface area contributed by atoms with E-state index in [1.807, 2.05) is 13.1 Å².